The lowest BCUT2D eigenvalue weighted by Gasteiger charge is -2.15. The summed E-state index contributed by atoms with van der Waals surface area (Å²) >= 11 is 0. The second kappa shape index (κ2) is 1.60. The normalized spacial score (nSPS) is 66.0. The van der Waals surface area contributed by atoms with Gasteiger partial charge in [0.15, 0.2) is 0 Å². The molecule has 2 rings (SSSR count). The molecule has 0 aromatic heterocycles. The zero-order valence-electron chi connectivity index (χ0n) is 7.52. The molecule has 0 bridgehead atoms. The van der Waals surface area contributed by atoms with Crippen LogP contribution >= 0.6 is 0 Å². The van der Waals surface area contributed by atoms with Gasteiger partial charge >= 0.3 is 0 Å². The van der Waals surface area contributed by atoms with Crippen molar-refractivity contribution in [3.63, 3.8) is 0 Å². The van der Waals surface area contributed by atoms with E-state index in [0.29, 0.717) is 0 Å². The predicted octanol–water partition coefficient (Wildman–Crippen LogP) is 2.93. The summed E-state index contributed by atoms with van der Waals surface area (Å²) < 4.78 is 0. The summed E-state index contributed by atoms with van der Waals surface area (Å²) in [5.74, 6) is 4.09. The third-order valence-electron chi connectivity index (χ3n) is 4.53. The average Bonchev–Trinajstić information content (AvgIpc) is 2.28. The first kappa shape index (κ1) is 6.69. The molecule has 2 saturated carbocycles. The van der Waals surface area contributed by atoms with Crippen LogP contribution in [0.5, 0.6) is 0 Å². The minimum Gasteiger partial charge on any atom is -0.0622 e. The van der Waals surface area contributed by atoms with Crippen LogP contribution < -0.4 is 0 Å². The third kappa shape index (κ3) is 0.500. The molecule has 5 atom stereocenters. The van der Waals surface area contributed by atoms with Crippen LogP contribution in [0.1, 0.15) is 34.1 Å². The van der Waals surface area contributed by atoms with Crippen molar-refractivity contribution >= 4 is 0 Å². The van der Waals surface area contributed by atoms with Gasteiger partial charge in [0.2, 0.25) is 0 Å². The lowest BCUT2D eigenvalue weighted by Crippen LogP contribution is -2.07. The first-order valence-corrected chi connectivity index (χ1v) is 4.58. The van der Waals surface area contributed by atoms with Gasteiger partial charge in [0, 0.05) is 0 Å². The summed E-state index contributed by atoms with van der Waals surface area (Å²) in [7, 11) is 0. The van der Waals surface area contributed by atoms with E-state index in [2.05, 4.69) is 27.7 Å². The number of rotatable bonds is 0. The second-order valence-electron chi connectivity index (χ2n) is 4.79. The maximum atomic E-state index is 2.48. The highest BCUT2D eigenvalue weighted by Gasteiger charge is 2.66. The zero-order chi connectivity index (χ0) is 7.52. The Morgan fingerprint density at radius 1 is 1.20 bits per heavy atom. The van der Waals surface area contributed by atoms with Crippen LogP contribution in [0.25, 0.3) is 0 Å². The van der Waals surface area contributed by atoms with Gasteiger partial charge < -0.3 is 0 Å². The Morgan fingerprint density at radius 3 is 2.00 bits per heavy atom. The first-order chi connectivity index (χ1) is 4.58. The van der Waals surface area contributed by atoms with Gasteiger partial charge in [-0.25, -0.2) is 0 Å². The number of fused-ring (bicyclic) bond motifs is 1. The maximum absolute atomic E-state index is 2.48. The highest BCUT2D eigenvalue weighted by molar-refractivity contribution is 5.14. The zero-order valence-corrected chi connectivity index (χ0v) is 7.52. The van der Waals surface area contributed by atoms with Gasteiger partial charge in [-0.3, -0.25) is 0 Å². The predicted molar refractivity (Wildman–Crippen MR) is 43.7 cm³/mol. The van der Waals surface area contributed by atoms with Gasteiger partial charge in [-0.2, -0.15) is 0 Å². The molecule has 0 N–H and O–H groups in total. The van der Waals surface area contributed by atoms with Crippen molar-refractivity contribution in [1.29, 1.82) is 0 Å². The van der Waals surface area contributed by atoms with Crippen molar-refractivity contribution in [3.8, 4) is 0 Å². The fourth-order valence-electron chi connectivity index (χ4n) is 3.64. The monoisotopic (exact) mass is 138 g/mol. The molecule has 0 heterocycles. The molecular formula is C10H18. The Hall–Kier alpha value is 0. The van der Waals surface area contributed by atoms with Crippen molar-refractivity contribution in [2.45, 2.75) is 34.1 Å². The first-order valence-electron chi connectivity index (χ1n) is 4.58. The molecule has 10 heavy (non-hydrogen) atoms. The van der Waals surface area contributed by atoms with E-state index in [0.717, 1.165) is 29.1 Å². The molecule has 0 nitrogen and oxygen atoms in total. The molecule has 0 spiro atoms. The van der Waals surface area contributed by atoms with E-state index in [4.69, 9.17) is 0 Å². The van der Waals surface area contributed by atoms with E-state index in [1.165, 1.54) is 6.42 Å². The molecule has 0 aromatic carbocycles. The highest BCUT2D eigenvalue weighted by Crippen LogP contribution is 2.72. The molecule has 0 amide bonds. The van der Waals surface area contributed by atoms with E-state index >= 15 is 0 Å². The Morgan fingerprint density at radius 2 is 1.80 bits per heavy atom. The molecule has 2 aliphatic rings. The van der Waals surface area contributed by atoms with Crippen LogP contribution in [0.15, 0.2) is 0 Å². The van der Waals surface area contributed by atoms with Crippen LogP contribution in [0, 0.1) is 29.1 Å². The van der Waals surface area contributed by atoms with E-state index < -0.39 is 0 Å². The van der Waals surface area contributed by atoms with Gasteiger partial charge in [0.25, 0.3) is 0 Å². The van der Waals surface area contributed by atoms with E-state index in [1.54, 1.807) is 0 Å². The van der Waals surface area contributed by atoms with E-state index in [9.17, 15) is 0 Å². The summed E-state index contributed by atoms with van der Waals surface area (Å²) in [6.07, 6.45) is 1.48. The van der Waals surface area contributed by atoms with Crippen molar-refractivity contribution < 1.29 is 0 Å². The summed E-state index contributed by atoms with van der Waals surface area (Å²) in [5, 5.41) is 0. The molecule has 5 unspecified atom stereocenters. The van der Waals surface area contributed by atoms with E-state index in [1.807, 2.05) is 0 Å². The molecular weight excluding hydrogens is 120 g/mol. The van der Waals surface area contributed by atoms with Crippen molar-refractivity contribution in [2.75, 3.05) is 0 Å². The van der Waals surface area contributed by atoms with E-state index in [-0.39, 0.29) is 0 Å². The van der Waals surface area contributed by atoms with Gasteiger partial charge in [0.1, 0.15) is 0 Å². The van der Waals surface area contributed by atoms with Gasteiger partial charge in [-0.1, -0.05) is 27.7 Å². The Kier molecular flexibility index (Phi) is 1.07. The highest BCUT2D eigenvalue weighted by atomic mass is 14.7. The molecule has 2 fully saturated rings. The number of hydrogen-bond donors (Lipinski definition) is 0. The number of hydrogen-bond acceptors (Lipinski definition) is 0. The fraction of sp³-hybridized carbons (Fsp3) is 1.00. The molecule has 2 aliphatic carbocycles. The quantitative estimate of drug-likeness (QED) is 0.483. The molecule has 0 aromatic rings. The maximum Gasteiger partial charge on any atom is -0.0238 e. The average molecular weight is 138 g/mol. The minimum absolute atomic E-state index is 0.749. The lowest BCUT2D eigenvalue weighted by atomic mass is 9.90. The smallest absolute Gasteiger partial charge is 0.0238 e. The Balaban J connectivity index is 2.23. The van der Waals surface area contributed by atoms with Crippen molar-refractivity contribution in [1.82, 2.24) is 0 Å². The third-order valence-corrected chi connectivity index (χ3v) is 4.53. The van der Waals surface area contributed by atoms with Crippen LogP contribution in [0.4, 0.5) is 0 Å². The van der Waals surface area contributed by atoms with Crippen LogP contribution in [0.3, 0.4) is 0 Å². The summed E-state index contributed by atoms with van der Waals surface area (Å²) in [6.45, 7) is 9.77. The molecule has 0 aliphatic heterocycles. The SMILES string of the molecule is CC1CC(C)C2(C)C(C)C12. The molecule has 0 heteroatoms. The summed E-state index contributed by atoms with van der Waals surface area (Å²) in [4.78, 5) is 0. The van der Waals surface area contributed by atoms with Crippen molar-refractivity contribution in [3.05, 3.63) is 0 Å². The van der Waals surface area contributed by atoms with Gasteiger partial charge in [-0.15, -0.1) is 0 Å². The fourth-order valence-corrected chi connectivity index (χ4v) is 3.64. The Bertz CT molecular complexity index is 157. The molecule has 58 valence electrons. The molecule has 0 radical (unpaired) electrons. The van der Waals surface area contributed by atoms with Crippen LogP contribution in [-0.4, -0.2) is 0 Å². The summed E-state index contributed by atoms with van der Waals surface area (Å²) in [6, 6.07) is 0. The standard InChI is InChI=1S/C10H18/c1-6-5-7(2)10(4)8(3)9(6)10/h6-9H,5H2,1-4H3. The largest absolute Gasteiger partial charge is 0.0622 e. The Labute approximate surface area is 64.0 Å². The molecule has 0 saturated heterocycles. The minimum atomic E-state index is 0.749. The van der Waals surface area contributed by atoms with Gasteiger partial charge in [-0.05, 0) is 35.5 Å². The van der Waals surface area contributed by atoms with Gasteiger partial charge in [0.05, 0.1) is 0 Å². The second-order valence-corrected chi connectivity index (χ2v) is 4.79. The van der Waals surface area contributed by atoms with Crippen molar-refractivity contribution in [2.24, 2.45) is 29.1 Å². The van der Waals surface area contributed by atoms with Crippen LogP contribution in [-0.2, 0) is 0 Å². The lowest BCUT2D eigenvalue weighted by molar-refractivity contribution is 0.342. The summed E-state index contributed by atoms with van der Waals surface area (Å²) in [5.41, 5.74) is 0.749. The topological polar surface area (TPSA) is 0 Å². The van der Waals surface area contributed by atoms with Crippen LogP contribution in [0.2, 0.25) is 0 Å².